The molecule has 0 bridgehead atoms. The highest BCUT2D eigenvalue weighted by molar-refractivity contribution is 5.74. The van der Waals surface area contributed by atoms with Crippen LogP contribution < -0.4 is 10.6 Å². The Morgan fingerprint density at radius 2 is 1.88 bits per heavy atom. The van der Waals surface area contributed by atoms with Crippen LogP contribution in [0.4, 0.5) is 4.79 Å². The second-order valence-corrected chi connectivity index (χ2v) is 7.43. The van der Waals surface area contributed by atoms with E-state index in [1.807, 2.05) is 32.0 Å². The summed E-state index contributed by atoms with van der Waals surface area (Å²) in [6, 6.07) is 10.2. The van der Waals surface area contributed by atoms with Gasteiger partial charge in [-0.25, -0.2) is 4.79 Å². The van der Waals surface area contributed by atoms with E-state index in [0.29, 0.717) is 19.5 Å². The molecule has 0 atom stereocenters. The van der Waals surface area contributed by atoms with Crippen LogP contribution in [0.3, 0.4) is 0 Å². The summed E-state index contributed by atoms with van der Waals surface area (Å²) in [5, 5.41) is 15.0. The lowest BCUT2D eigenvalue weighted by molar-refractivity contribution is 0.0506. The predicted octanol–water partition coefficient (Wildman–Crippen LogP) is 2.44. The number of benzene rings is 1. The van der Waals surface area contributed by atoms with Gasteiger partial charge in [0, 0.05) is 38.3 Å². The molecule has 1 aromatic rings. The topological polar surface area (TPSA) is 70.6 Å². The Balaban J connectivity index is 1.93. The largest absolute Gasteiger partial charge is 0.396 e. The molecule has 1 heterocycles. The van der Waals surface area contributed by atoms with Crippen molar-refractivity contribution in [2.45, 2.75) is 38.5 Å². The van der Waals surface area contributed by atoms with Crippen LogP contribution in [0.2, 0.25) is 0 Å². The van der Waals surface area contributed by atoms with E-state index in [1.54, 1.807) is 0 Å². The molecule has 1 fully saturated rings. The number of urea groups is 1. The summed E-state index contributed by atoms with van der Waals surface area (Å²) in [6.07, 6.45) is 2.49. The average Bonchev–Trinajstić information content (AvgIpc) is 2.60. The molecule has 5 heteroatoms. The van der Waals surface area contributed by atoms with E-state index in [9.17, 15) is 4.79 Å². The fraction of sp³-hybridized carbons (Fsp3) is 0.632. The van der Waals surface area contributed by atoms with Crippen LogP contribution in [-0.4, -0.2) is 44.0 Å². The van der Waals surface area contributed by atoms with E-state index in [4.69, 9.17) is 9.84 Å². The second-order valence-electron chi connectivity index (χ2n) is 7.43. The van der Waals surface area contributed by atoms with Gasteiger partial charge in [-0.3, -0.25) is 0 Å². The molecule has 1 aliphatic heterocycles. The van der Waals surface area contributed by atoms with Crippen LogP contribution in [0.5, 0.6) is 0 Å². The Labute approximate surface area is 144 Å². The van der Waals surface area contributed by atoms with Gasteiger partial charge in [0.05, 0.1) is 0 Å². The number of aliphatic hydroxyl groups is 1. The van der Waals surface area contributed by atoms with Gasteiger partial charge < -0.3 is 20.5 Å². The van der Waals surface area contributed by atoms with E-state index in [2.05, 4.69) is 22.8 Å². The van der Waals surface area contributed by atoms with Crippen molar-refractivity contribution >= 4 is 6.03 Å². The van der Waals surface area contributed by atoms with Crippen LogP contribution in [0, 0.1) is 5.41 Å². The molecule has 1 aliphatic rings. The Hall–Kier alpha value is -1.59. The molecule has 134 valence electrons. The van der Waals surface area contributed by atoms with Gasteiger partial charge in [-0.05, 0) is 30.2 Å². The minimum atomic E-state index is -0.150. The van der Waals surface area contributed by atoms with Gasteiger partial charge in [0.25, 0.3) is 0 Å². The maximum Gasteiger partial charge on any atom is 0.314 e. The first-order valence-electron chi connectivity index (χ1n) is 8.73. The highest BCUT2D eigenvalue weighted by Gasteiger charge is 2.34. The Bertz CT molecular complexity index is 511. The van der Waals surface area contributed by atoms with Crippen molar-refractivity contribution in [3.63, 3.8) is 0 Å². The van der Waals surface area contributed by atoms with Gasteiger partial charge in [0.15, 0.2) is 0 Å². The third kappa shape index (κ3) is 5.21. The van der Waals surface area contributed by atoms with Crippen molar-refractivity contribution in [2.75, 3.05) is 32.9 Å². The zero-order valence-corrected chi connectivity index (χ0v) is 14.8. The second kappa shape index (κ2) is 8.49. The number of carbonyl (C=O) groups is 1. The van der Waals surface area contributed by atoms with Crippen molar-refractivity contribution in [1.82, 2.24) is 10.6 Å². The number of carbonyl (C=O) groups excluding carboxylic acids is 1. The van der Waals surface area contributed by atoms with E-state index in [-0.39, 0.29) is 23.5 Å². The van der Waals surface area contributed by atoms with Gasteiger partial charge in [-0.2, -0.15) is 0 Å². The van der Waals surface area contributed by atoms with Crippen molar-refractivity contribution in [3.05, 3.63) is 35.9 Å². The Morgan fingerprint density at radius 1 is 1.21 bits per heavy atom. The van der Waals surface area contributed by atoms with E-state index in [1.165, 1.54) is 5.56 Å². The summed E-state index contributed by atoms with van der Waals surface area (Å²) >= 11 is 0. The third-order valence-electron chi connectivity index (χ3n) is 4.94. The molecule has 2 rings (SSSR count). The van der Waals surface area contributed by atoms with Crippen molar-refractivity contribution in [1.29, 1.82) is 0 Å². The molecular weight excluding hydrogens is 304 g/mol. The van der Waals surface area contributed by atoms with Gasteiger partial charge in [0.1, 0.15) is 0 Å². The van der Waals surface area contributed by atoms with Crippen LogP contribution >= 0.6 is 0 Å². The van der Waals surface area contributed by atoms with Crippen molar-refractivity contribution < 1.29 is 14.6 Å². The fourth-order valence-electron chi connectivity index (χ4n) is 3.14. The molecule has 0 unspecified atom stereocenters. The molecule has 0 radical (unpaired) electrons. The van der Waals surface area contributed by atoms with Crippen LogP contribution in [0.15, 0.2) is 30.3 Å². The number of aliphatic hydroxyl groups excluding tert-OH is 1. The minimum Gasteiger partial charge on any atom is -0.396 e. The third-order valence-corrected chi connectivity index (χ3v) is 4.94. The number of hydrogen-bond acceptors (Lipinski definition) is 3. The van der Waals surface area contributed by atoms with Crippen molar-refractivity contribution in [2.24, 2.45) is 5.41 Å². The van der Waals surface area contributed by atoms with Crippen LogP contribution in [0.25, 0.3) is 0 Å². The quantitative estimate of drug-likeness (QED) is 0.717. The summed E-state index contributed by atoms with van der Waals surface area (Å²) in [5.41, 5.74) is 1.09. The number of amides is 2. The van der Waals surface area contributed by atoms with Crippen molar-refractivity contribution in [3.8, 4) is 0 Å². The molecule has 2 amide bonds. The summed E-state index contributed by atoms with van der Waals surface area (Å²) in [6.45, 7) is 6.80. The van der Waals surface area contributed by atoms with E-state index < -0.39 is 0 Å². The molecule has 24 heavy (non-hydrogen) atoms. The Kier molecular flexibility index (Phi) is 6.63. The molecular formula is C19H30N2O3. The average molecular weight is 334 g/mol. The lowest BCUT2D eigenvalue weighted by Gasteiger charge is -2.38. The fourth-order valence-corrected chi connectivity index (χ4v) is 3.14. The Morgan fingerprint density at radius 3 is 2.50 bits per heavy atom. The smallest absolute Gasteiger partial charge is 0.314 e. The highest BCUT2D eigenvalue weighted by Crippen LogP contribution is 2.34. The summed E-state index contributed by atoms with van der Waals surface area (Å²) in [4.78, 5) is 12.2. The SMILES string of the molecule is CC(C)(CCO)CNC(=O)NCC1(c2ccccc2)CCOCC1. The zero-order chi connectivity index (χ0) is 17.5. The molecule has 0 spiro atoms. The molecule has 0 aliphatic carbocycles. The minimum absolute atomic E-state index is 0.0581. The molecule has 0 saturated carbocycles. The first kappa shape index (κ1) is 18.7. The lowest BCUT2D eigenvalue weighted by atomic mass is 9.74. The molecule has 3 N–H and O–H groups in total. The monoisotopic (exact) mass is 334 g/mol. The first-order valence-corrected chi connectivity index (χ1v) is 8.73. The molecule has 1 aromatic carbocycles. The van der Waals surface area contributed by atoms with Crippen LogP contribution in [0.1, 0.15) is 38.7 Å². The number of rotatable bonds is 7. The zero-order valence-electron chi connectivity index (χ0n) is 14.8. The van der Waals surface area contributed by atoms with Crippen LogP contribution in [-0.2, 0) is 10.2 Å². The summed E-state index contributed by atoms with van der Waals surface area (Å²) < 4.78 is 5.52. The number of ether oxygens (including phenoxy) is 1. The maximum atomic E-state index is 12.2. The van der Waals surface area contributed by atoms with E-state index >= 15 is 0 Å². The predicted molar refractivity (Wildman–Crippen MR) is 95.1 cm³/mol. The molecule has 0 aromatic heterocycles. The normalized spacial score (nSPS) is 17.3. The number of hydrogen-bond donors (Lipinski definition) is 3. The highest BCUT2D eigenvalue weighted by atomic mass is 16.5. The summed E-state index contributed by atoms with van der Waals surface area (Å²) in [5.74, 6) is 0. The molecule has 5 nitrogen and oxygen atoms in total. The van der Waals surface area contributed by atoms with Gasteiger partial charge in [-0.1, -0.05) is 44.2 Å². The first-order chi connectivity index (χ1) is 11.5. The number of nitrogens with one attached hydrogen (secondary N) is 2. The van der Waals surface area contributed by atoms with Gasteiger partial charge in [-0.15, -0.1) is 0 Å². The van der Waals surface area contributed by atoms with Gasteiger partial charge in [0.2, 0.25) is 0 Å². The molecule has 1 saturated heterocycles. The standard InChI is InChI=1S/C19H30N2O3/c1-18(2,8-11-22)14-20-17(23)21-15-19(9-12-24-13-10-19)16-6-4-3-5-7-16/h3-7,22H,8-15H2,1-2H3,(H2,20,21,23). The maximum absolute atomic E-state index is 12.2. The van der Waals surface area contributed by atoms with Gasteiger partial charge >= 0.3 is 6.03 Å². The summed E-state index contributed by atoms with van der Waals surface area (Å²) in [7, 11) is 0. The van der Waals surface area contributed by atoms with E-state index in [0.717, 1.165) is 26.1 Å². The lowest BCUT2D eigenvalue weighted by Crippen LogP contribution is -2.48.